The smallest absolute Gasteiger partial charge is 0.309 e. The van der Waals surface area contributed by atoms with Gasteiger partial charge in [0.15, 0.2) is 0 Å². The summed E-state index contributed by atoms with van der Waals surface area (Å²) in [6.45, 7) is 6.12. The Balaban J connectivity index is 1.32. The van der Waals surface area contributed by atoms with Gasteiger partial charge in [-0.1, -0.05) is 60.2 Å². The standard InChI is InChI=1S/C23H29N3O3/c1-18-8-10-19(11-9-18)16-25-23(28)22(27)24-12-5-13-26-14-15-29-21(17-26)20-6-3-2-4-7-20/h2-4,6-11,21H,5,12-17H2,1H3,(H,24,27)(H,25,28)/t21-/m0/s1. The van der Waals surface area contributed by atoms with E-state index in [0.29, 0.717) is 19.7 Å². The van der Waals surface area contributed by atoms with Crippen molar-refractivity contribution in [2.45, 2.75) is 26.0 Å². The van der Waals surface area contributed by atoms with Crippen molar-refractivity contribution in [2.75, 3.05) is 32.8 Å². The van der Waals surface area contributed by atoms with Gasteiger partial charge in [-0.05, 0) is 24.5 Å². The van der Waals surface area contributed by atoms with Gasteiger partial charge in [0.25, 0.3) is 0 Å². The average molecular weight is 396 g/mol. The largest absolute Gasteiger partial charge is 0.371 e. The van der Waals surface area contributed by atoms with Gasteiger partial charge in [-0.25, -0.2) is 0 Å². The van der Waals surface area contributed by atoms with E-state index >= 15 is 0 Å². The minimum atomic E-state index is -0.596. The average Bonchev–Trinajstić information content (AvgIpc) is 2.77. The molecule has 1 aliphatic rings. The molecule has 154 valence electrons. The van der Waals surface area contributed by atoms with Crippen molar-refractivity contribution in [1.82, 2.24) is 15.5 Å². The lowest BCUT2D eigenvalue weighted by Crippen LogP contribution is -2.42. The fraction of sp³-hybridized carbons (Fsp3) is 0.391. The van der Waals surface area contributed by atoms with Crippen LogP contribution in [0.4, 0.5) is 0 Å². The first kappa shape index (κ1) is 21.0. The van der Waals surface area contributed by atoms with E-state index in [0.717, 1.165) is 37.2 Å². The van der Waals surface area contributed by atoms with E-state index < -0.39 is 11.8 Å². The van der Waals surface area contributed by atoms with Crippen molar-refractivity contribution in [2.24, 2.45) is 0 Å². The number of amides is 2. The Morgan fingerprint density at radius 1 is 1.03 bits per heavy atom. The molecule has 0 radical (unpaired) electrons. The number of carbonyl (C=O) groups is 2. The fourth-order valence-electron chi connectivity index (χ4n) is 3.33. The minimum absolute atomic E-state index is 0.0899. The first-order valence-corrected chi connectivity index (χ1v) is 10.1. The quantitative estimate of drug-likeness (QED) is 0.557. The van der Waals surface area contributed by atoms with Gasteiger partial charge in [0.1, 0.15) is 0 Å². The molecule has 0 aliphatic carbocycles. The van der Waals surface area contributed by atoms with Gasteiger partial charge in [0.2, 0.25) is 0 Å². The molecular weight excluding hydrogens is 366 g/mol. The molecule has 2 N–H and O–H groups in total. The topological polar surface area (TPSA) is 70.7 Å². The zero-order valence-corrected chi connectivity index (χ0v) is 16.9. The van der Waals surface area contributed by atoms with Crippen molar-refractivity contribution >= 4 is 11.8 Å². The van der Waals surface area contributed by atoms with Gasteiger partial charge in [0, 0.05) is 32.7 Å². The molecule has 2 aromatic rings. The summed E-state index contributed by atoms with van der Waals surface area (Å²) in [6.07, 6.45) is 0.880. The van der Waals surface area contributed by atoms with Crippen molar-refractivity contribution < 1.29 is 14.3 Å². The third kappa shape index (κ3) is 6.69. The summed E-state index contributed by atoms with van der Waals surface area (Å²) in [5.74, 6) is -1.18. The second-order valence-electron chi connectivity index (χ2n) is 7.35. The summed E-state index contributed by atoms with van der Waals surface area (Å²) in [5.41, 5.74) is 3.32. The molecule has 29 heavy (non-hydrogen) atoms. The Kier molecular flexibility index (Phi) is 7.78. The highest BCUT2D eigenvalue weighted by Gasteiger charge is 2.21. The third-order valence-corrected chi connectivity index (χ3v) is 5.04. The lowest BCUT2D eigenvalue weighted by molar-refractivity contribution is -0.139. The maximum Gasteiger partial charge on any atom is 0.309 e. The van der Waals surface area contributed by atoms with Crippen LogP contribution in [0, 0.1) is 6.92 Å². The van der Waals surface area contributed by atoms with E-state index in [-0.39, 0.29) is 6.10 Å². The molecule has 1 aliphatic heterocycles. The molecule has 3 rings (SSSR count). The Morgan fingerprint density at radius 2 is 1.76 bits per heavy atom. The number of rotatable bonds is 7. The first-order valence-electron chi connectivity index (χ1n) is 10.1. The second-order valence-corrected chi connectivity index (χ2v) is 7.35. The molecule has 0 spiro atoms. The molecule has 0 bridgehead atoms. The van der Waals surface area contributed by atoms with Crippen LogP contribution in [-0.4, -0.2) is 49.5 Å². The van der Waals surface area contributed by atoms with Crippen molar-refractivity contribution in [3.8, 4) is 0 Å². The normalized spacial score (nSPS) is 16.9. The molecule has 0 unspecified atom stereocenters. The summed E-state index contributed by atoms with van der Waals surface area (Å²) >= 11 is 0. The number of nitrogens with zero attached hydrogens (tertiary/aromatic N) is 1. The summed E-state index contributed by atoms with van der Waals surface area (Å²) in [5, 5.41) is 5.36. The minimum Gasteiger partial charge on any atom is -0.371 e. The van der Waals surface area contributed by atoms with Crippen LogP contribution in [0.1, 0.15) is 29.2 Å². The zero-order valence-electron chi connectivity index (χ0n) is 16.9. The van der Waals surface area contributed by atoms with E-state index in [1.165, 1.54) is 5.56 Å². The number of hydrogen-bond donors (Lipinski definition) is 2. The fourth-order valence-corrected chi connectivity index (χ4v) is 3.33. The van der Waals surface area contributed by atoms with Gasteiger partial charge in [-0.2, -0.15) is 0 Å². The Hall–Kier alpha value is -2.70. The second kappa shape index (κ2) is 10.7. The SMILES string of the molecule is Cc1ccc(CNC(=O)C(=O)NCCCN2CCO[C@H](c3ccccc3)C2)cc1. The van der Waals surface area contributed by atoms with Crippen molar-refractivity contribution in [3.05, 3.63) is 71.3 Å². The highest BCUT2D eigenvalue weighted by molar-refractivity contribution is 6.35. The number of morpholine rings is 1. The number of benzene rings is 2. The Morgan fingerprint density at radius 3 is 2.52 bits per heavy atom. The van der Waals surface area contributed by atoms with Crippen LogP contribution in [0.25, 0.3) is 0 Å². The van der Waals surface area contributed by atoms with E-state index in [1.807, 2.05) is 49.4 Å². The van der Waals surface area contributed by atoms with Crippen LogP contribution >= 0.6 is 0 Å². The number of carbonyl (C=O) groups excluding carboxylic acids is 2. The lowest BCUT2D eigenvalue weighted by Gasteiger charge is -2.33. The van der Waals surface area contributed by atoms with Crippen LogP contribution in [0.5, 0.6) is 0 Å². The van der Waals surface area contributed by atoms with E-state index in [4.69, 9.17) is 4.74 Å². The Labute approximate surface area is 172 Å². The van der Waals surface area contributed by atoms with E-state index in [2.05, 4.69) is 27.7 Å². The van der Waals surface area contributed by atoms with Crippen molar-refractivity contribution in [1.29, 1.82) is 0 Å². The summed E-state index contributed by atoms with van der Waals surface area (Å²) < 4.78 is 5.88. The molecule has 0 saturated carbocycles. The third-order valence-electron chi connectivity index (χ3n) is 5.04. The predicted molar refractivity (Wildman–Crippen MR) is 112 cm³/mol. The number of aryl methyl sites for hydroxylation is 1. The lowest BCUT2D eigenvalue weighted by atomic mass is 10.1. The van der Waals surface area contributed by atoms with Crippen LogP contribution < -0.4 is 10.6 Å². The molecule has 1 atom stereocenters. The highest BCUT2D eigenvalue weighted by Crippen LogP contribution is 2.21. The highest BCUT2D eigenvalue weighted by atomic mass is 16.5. The number of nitrogens with one attached hydrogen (secondary N) is 2. The van der Waals surface area contributed by atoms with E-state index in [1.54, 1.807) is 0 Å². The maximum absolute atomic E-state index is 11.9. The van der Waals surface area contributed by atoms with Gasteiger partial charge >= 0.3 is 11.8 Å². The van der Waals surface area contributed by atoms with Gasteiger partial charge in [-0.15, -0.1) is 0 Å². The van der Waals surface area contributed by atoms with Gasteiger partial charge in [0.05, 0.1) is 12.7 Å². The molecule has 1 heterocycles. The molecule has 2 aromatic carbocycles. The Bertz CT molecular complexity index is 793. The molecule has 0 aromatic heterocycles. The van der Waals surface area contributed by atoms with Gasteiger partial charge in [-0.3, -0.25) is 14.5 Å². The molecule has 2 amide bonds. The molecule has 6 nitrogen and oxygen atoms in total. The van der Waals surface area contributed by atoms with E-state index in [9.17, 15) is 9.59 Å². The molecule has 1 fully saturated rings. The predicted octanol–water partition coefficient (Wildman–Crippen LogP) is 2.19. The molecule has 1 saturated heterocycles. The molecular formula is C23H29N3O3. The zero-order chi connectivity index (χ0) is 20.5. The van der Waals surface area contributed by atoms with Crippen molar-refractivity contribution in [3.63, 3.8) is 0 Å². The van der Waals surface area contributed by atoms with Crippen LogP contribution in [0.3, 0.4) is 0 Å². The number of hydrogen-bond acceptors (Lipinski definition) is 4. The van der Waals surface area contributed by atoms with Crippen LogP contribution in [-0.2, 0) is 20.9 Å². The van der Waals surface area contributed by atoms with Gasteiger partial charge < -0.3 is 15.4 Å². The monoisotopic (exact) mass is 395 g/mol. The van der Waals surface area contributed by atoms with Crippen LogP contribution in [0.2, 0.25) is 0 Å². The summed E-state index contributed by atoms with van der Waals surface area (Å²) in [4.78, 5) is 26.2. The number of ether oxygens (including phenoxy) is 1. The summed E-state index contributed by atoms with van der Waals surface area (Å²) in [6, 6.07) is 18.1. The summed E-state index contributed by atoms with van der Waals surface area (Å²) in [7, 11) is 0. The maximum atomic E-state index is 11.9. The first-order chi connectivity index (χ1) is 14.1. The van der Waals surface area contributed by atoms with Crippen LogP contribution in [0.15, 0.2) is 54.6 Å². The molecule has 6 heteroatoms.